The van der Waals surface area contributed by atoms with Crippen molar-refractivity contribution >= 4 is 21.6 Å². The first-order valence-electron chi connectivity index (χ1n) is 6.92. The van der Waals surface area contributed by atoms with Crippen LogP contribution in [-0.4, -0.2) is 40.3 Å². The zero-order valence-corrected chi connectivity index (χ0v) is 13.1. The minimum Gasteiger partial charge on any atom is -0.482 e. The van der Waals surface area contributed by atoms with Gasteiger partial charge < -0.3 is 9.64 Å². The Morgan fingerprint density at radius 3 is 2.86 bits per heavy atom. The quantitative estimate of drug-likeness (QED) is 0.847. The van der Waals surface area contributed by atoms with E-state index in [4.69, 9.17) is 4.74 Å². The molecule has 0 radical (unpaired) electrons. The second-order valence-electron chi connectivity index (χ2n) is 5.01. The van der Waals surface area contributed by atoms with Gasteiger partial charge in [0.1, 0.15) is 5.75 Å². The summed E-state index contributed by atoms with van der Waals surface area (Å²) in [5, 5.41) is 0. The number of carbonyl (C=O) groups excluding carboxylic acids is 1. The molecular weight excluding hydrogens is 292 g/mol. The molecule has 1 aromatic carbocycles. The molecule has 0 spiro atoms. The summed E-state index contributed by atoms with van der Waals surface area (Å²) in [7, 11) is -1.47. The summed E-state index contributed by atoms with van der Waals surface area (Å²) < 4.78 is 31.0. The van der Waals surface area contributed by atoms with Crippen molar-refractivity contribution in [2.75, 3.05) is 30.9 Å². The number of hydrogen-bond acceptors (Lipinski definition) is 4. The lowest BCUT2D eigenvalue weighted by Crippen LogP contribution is -2.35. The highest BCUT2D eigenvalue weighted by molar-refractivity contribution is 7.89. The van der Waals surface area contributed by atoms with Crippen molar-refractivity contribution in [2.24, 2.45) is 0 Å². The number of hydrogen-bond donors (Lipinski definition) is 1. The molecule has 7 heteroatoms. The largest absolute Gasteiger partial charge is 0.482 e. The van der Waals surface area contributed by atoms with Gasteiger partial charge in [-0.1, -0.05) is 13.0 Å². The average Bonchev–Trinajstić information content (AvgIpc) is 2.43. The molecule has 0 unspecified atom stereocenters. The van der Waals surface area contributed by atoms with Crippen molar-refractivity contribution in [2.45, 2.75) is 19.8 Å². The minimum absolute atomic E-state index is 0.0552. The summed E-state index contributed by atoms with van der Waals surface area (Å²) >= 11 is 0. The second kappa shape index (κ2) is 6.44. The highest BCUT2D eigenvalue weighted by atomic mass is 32.2. The predicted molar refractivity (Wildman–Crippen MR) is 81.1 cm³/mol. The van der Waals surface area contributed by atoms with Crippen LogP contribution in [0.4, 0.5) is 5.69 Å². The van der Waals surface area contributed by atoms with E-state index in [0.29, 0.717) is 25.1 Å². The molecule has 0 saturated carbocycles. The SMILES string of the molecule is CCCS(=O)(=O)NCCc1ccc2c(c1)N(C)C(=O)CO2. The van der Waals surface area contributed by atoms with Gasteiger partial charge in [0.2, 0.25) is 10.0 Å². The van der Waals surface area contributed by atoms with Gasteiger partial charge in [0, 0.05) is 13.6 Å². The first-order valence-corrected chi connectivity index (χ1v) is 8.58. The molecule has 1 heterocycles. The normalized spacial score (nSPS) is 14.8. The number of ether oxygens (including phenoxy) is 1. The average molecular weight is 312 g/mol. The van der Waals surface area contributed by atoms with Gasteiger partial charge in [-0.3, -0.25) is 4.79 Å². The van der Waals surface area contributed by atoms with Crippen LogP contribution in [0.3, 0.4) is 0 Å². The Labute approximate surface area is 125 Å². The Morgan fingerprint density at radius 2 is 2.14 bits per heavy atom. The molecule has 116 valence electrons. The fourth-order valence-electron chi connectivity index (χ4n) is 2.17. The maximum absolute atomic E-state index is 11.6. The van der Waals surface area contributed by atoms with E-state index in [1.165, 1.54) is 0 Å². The molecule has 1 N–H and O–H groups in total. The Balaban J connectivity index is 2.01. The standard InChI is InChI=1S/C14H20N2O4S/c1-3-8-21(18,19)15-7-6-11-4-5-13-12(9-11)16(2)14(17)10-20-13/h4-5,9,15H,3,6-8,10H2,1-2H3. The molecule has 0 atom stereocenters. The van der Waals surface area contributed by atoms with Crippen LogP contribution in [-0.2, 0) is 21.2 Å². The van der Waals surface area contributed by atoms with E-state index in [9.17, 15) is 13.2 Å². The van der Waals surface area contributed by atoms with Crippen LogP contribution in [0.2, 0.25) is 0 Å². The molecule has 1 aromatic rings. The van der Waals surface area contributed by atoms with Crippen molar-refractivity contribution in [3.8, 4) is 5.75 Å². The van der Waals surface area contributed by atoms with Gasteiger partial charge in [0.25, 0.3) is 5.91 Å². The minimum atomic E-state index is -3.18. The zero-order valence-electron chi connectivity index (χ0n) is 12.3. The Kier molecular flexibility index (Phi) is 4.84. The number of rotatable bonds is 6. The van der Waals surface area contributed by atoms with Gasteiger partial charge in [-0.15, -0.1) is 0 Å². The Hall–Kier alpha value is -1.60. The van der Waals surface area contributed by atoms with Crippen molar-refractivity contribution < 1.29 is 17.9 Å². The van der Waals surface area contributed by atoms with Crippen molar-refractivity contribution in [3.63, 3.8) is 0 Å². The monoisotopic (exact) mass is 312 g/mol. The number of anilines is 1. The number of nitrogens with zero attached hydrogens (tertiary/aromatic N) is 1. The third-order valence-electron chi connectivity index (χ3n) is 3.32. The van der Waals surface area contributed by atoms with Gasteiger partial charge in [-0.05, 0) is 30.5 Å². The van der Waals surface area contributed by atoms with Crippen molar-refractivity contribution in [1.82, 2.24) is 4.72 Å². The maximum atomic E-state index is 11.6. The van der Waals surface area contributed by atoms with Gasteiger partial charge in [-0.2, -0.15) is 0 Å². The molecule has 0 saturated heterocycles. The first kappa shape index (κ1) is 15.8. The second-order valence-corrected chi connectivity index (χ2v) is 6.93. The van der Waals surface area contributed by atoms with Crippen molar-refractivity contribution in [1.29, 1.82) is 0 Å². The highest BCUT2D eigenvalue weighted by Crippen LogP contribution is 2.31. The van der Waals surface area contributed by atoms with Crippen LogP contribution >= 0.6 is 0 Å². The highest BCUT2D eigenvalue weighted by Gasteiger charge is 2.22. The van der Waals surface area contributed by atoms with Gasteiger partial charge in [-0.25, -0.2) is 13.1 Å². The van der Waals surface area contributed by atoms with Crippen LogP contribution in [0.25, 0.3) is 0 Å². The van der Waals surface area contributed by atoms with Crippen LogP contribution in [0.5, 0.6) is 5.75 Å². The molecule has 2 rings (SSSR count). The number of nitrogens with one attached hydrogen (secondary N) is 1. The number of likely N-dealkylation sites (N-methyl/N-ethyl adjacent to an activating group) is 1. The molecule has 0 bridgehead atoms. The molecule has 0 fully saturated rings. The molecule has 1 aliphatic heterocycles. The first-order chi connectivity index (χ1) is 9.93. The van der Waals surface area contributed by atoms with Gasteiger partial charge in [0.15, 0.2) is 6.61 Å². The molecule has 21 heavy (non-hydrogen) atoms. The van der Waals surface area contributed by atoms with Crippen molar-refractivity contribution in [3.05, 3.63) is 23.8 Å². The fraction of sp³-hybridized carbons (Fsp3) is 0.500. The Morgan fingerprint density at radius 1 is 1.38 bits per heavy atom. The third-order valence-corrected chi connectivity index (χ3v) is 4.91. The van der Waals surface area contributed by atoms with E-state index < -0.39 is 10.0 Å². The number of amides is 1. The third kappa shape index (κ3) is 3.95. The van der Waals surface area contributed by atoms with E-state index in [2.05, 4.69) is 4.72 Å². The summed E-state index contributed by atoms with van der Waals surface area (Å²) in [5.41, 5.74) is 1.68. The summed E-state index contributed by atoms with van der Waals surface area (Å²) in [5.74, 6) is 0.721. The predicted octanol–water partition coefficient (Wildman–Crippen LogP) is 0.914. The van der Waals surface area contributed by atoms with Gasteiger partial charge >= 0.3 is 0 Å². The molecule has 0 aliphatic carbocycles. The fourth-order valence-corrected chi connectivity index (χ4v) is 3.26. The van der Waals surface area contributed by atoms with Crippen LogP contribution in [0.1, 0.15) is 18.9 Å². The number of sulfonamides is 1. The van der Waals surface area contributed by atoms with E-state index in [1.807, 2.05) is 25.1 Å². The van der Waals surface area contributed by atoms with E-state index in [1.54, 1.807) is 11.9 Å². The zero-order chi connectivity index (χ0) is 15.5. The molecule has 1 aliphatic rings. The molecule has 6 nitrogen and oxygen atoms in total. The lowest BCUT2D eigenvalue weighted by molar-refractivity contribution is -0.120. The number of fused-ring (bicyclic) bond motifs is 1. The smallest absolute Gasteiger partial charge is 0.264 e. The summed E-state index contributed by atoms with van der Waals surface area (Å²) in [6.07, 6.45) is 1.16. The summed E-state index contributed by atoms with van der Waals surface area (Å²) in [4.78, 5) is 13.2. The molecule has 1 amide bonds. The summed E-state index contributed by atoms with van der Waals surface area (Å²) in [6, 6.07) is 5.56. The Bertz CT molecular complexity index is 628. The van der Waals surface area contributed by atoms with Crippen LogP contribution < -0.4 is 14.4 Å². The van der Waals surface area contributed by atoms with Gasteiger partial charge in [0.05, 0.1) is 11.4 Å². The maximum Gasteiger partial charge on any atom is 0.264 e. The van der Waals surface area contributed by atoms with Crippen LogP contribution in [0.15, 0.2) is 18.2 Å². The number of carbonyl (C=O) groups is 1. The van der Waals surface area contributed by atoms with E-state index in [-0.39, 0.29) is 18.3 Å². The number of benzene rings is 1. The molecule has 0 aromatic heterocycles. The van der Waals surface area contributed by atoms with E-state index in [0.717, 1.165) is 11.3 Å². The topological polar surface area (TPSA) is 75.7 Å². The molecular formula is C14H20N2O4S. The lowest BCUT2D eigenvalue weighted by Gasteiger charge is -2.26. The lowest BCUT2D eigenvalue weighted by atomic mass is 10.1. The summed E-state index contributed by atoms with van der Waals surface area (Å²) in [6.45, 7) is 2.23. The van der Waals surface area contributed by atoms with Crippen LogP contribution in [0, 0.1) is 0 Å². The van der Waals surface area contributed by atoms with E-state index >= 15 is 0 Å².